The average Bonchev–Trinajstić information content (AvgIpc) is 2.67. The van der Waals surface area contributed by atoms with Gasteiger partial charge in [0.1, 0.15) is 5.75 Å². The largest absolute Gasteiger partial charge is 0.424 e. The summed E-state index contributed by atoms with van der Waals surface area (Å²) in [6.45, 7) is 5.72. The smallest absolute Gasteiger partial charge is 0.322 e. The highest BCUT2D eigenvalue weighted by molar-refractivity contribution is 6.00. The quantitative estimate of drug-likeness (QED) is 0.587. The number of carbonyl (C=O) groups excluding carboxylic acids is 2. The fourth-order valence-electron chi connectivity index (χ4n) is 2.79. The Morgan fingerprint density at radius 2 is 1.48 bits per heavy atom. The second kappa shape index (κ2) is 9.10. The average molecular weight is 389 g/mol. The lowest BCUT2D eigenvalue weighted by molar-refractivity contribution is -0.116. The Kier molecular flexibility index (Phi) is 6.34. The highest BCUT2D eigenvalue weighted by atomic mass is 16.5. The van der Waals surface area contributed by atoms with Crippen LogP contribution in [0.5, 0.6) is 11.8 Å². The van der Waals surface area contributed by atoms with Gasteiger partial charge in [-0.15, -0.1) is 0 Å². The van der Waals surface area contributed by atoms with E-state index >= 15 is 0 Å². The fraction of sp³-hybridized carbons (Fsp3) is 0.217. The highest BCUT2D eigenvalue weighted by Crippen LogP contribution is 2.21. The molecule has 0 saturated carbocycles. The van der Waals surface area contributed by atoms with Crippen LogP contribution in [0.4, 0.5) is 5.69 Å². The van der Waals surface area contributed by atoms with Gasteiger partial charge in [0.15, 0.2) is 5.78 Å². The second-order valence-electron chi connectivity index (χ2n) is 6.90. The number of anilines is 1. The molecule has 2 aromatic carbocycles. The van der Waals surface area contributed by atoms with E-state index in [0.717, 1.165) is 17.0 Å². The topological polar surface area (TPSA) is 81.2 Å². The van der Waals surface area contributed by atoms with Crippen molar-refractivity contribution >= 4 is 17.4 Å². The van der Waals surface area contributed by atoms with Crippen LogP contribution in [0, 0.1) is 20.8 Å². The van der Waals surface area contributed by atoms with Crippen molar-refractivity contribution in [3.63, 3.8) is 0 Å². The first-order valence-corrected chi connectivity index (χ1v) is 9.39. The third-order valence-electron chi connectivity index (χ3n) is 4.26. The lowest BCUT2D eigenvalue weighted by Gasteiger charge is -2.08. The third-order valence-corrected chi connectivity index (χ3v) is 4.26. The summed E-state index contributed by atoms with van der Waals surface area (Å²) in [7, 11) is 0. The van der Waals surface area contributed by atoms with Crippen molar-refractivity contribution in [2.45, 2.75) is 33.6 Å². The number of nitrogens with one attached hydrogen (secondary N) is 1. The zero-order chi connectivity index (χ0) is 20.8. The zero-order valence-electron chi connectivity index (χ0n) is 16.7. The van der Waals surface area contributed by atoms with E-state index in [-0.39, 0.29) is 30.5 Å². The normalized spacial score (nSPS) is 10.4. The number of Topliss-reactive ketones (excluding diaryl/α,β-unsaturated/α-hetero) is 1. The predicted octanol–water partition coefficient (Wildman–Crippen LogP) is 4.80. The Labute approximate surface area is 170 Å². The van der Waals surface area contributed by atoms with Crippen molar-refractivity contribution in [3.8, 4) is 11.8 Å². The molecule has 1 N–H and O–H groups in total. The summed E-state index contributed by atoms with van der Waals surface area (Å²) in [5, 5.41) is 2.79. The second-order valence-corrected chi connectivity index (χ2v) is 6.90. The van der Waals surface area contributed by atoms with E-state index in [1.165, 1.54) is 0 Å². The zero-order valence-corrected chi connectivity index (χ0v) is 16.7. The van der Waals surface area contributed by atoms with Crippen molar-refractivity contribution in [1.82, 2.24) is 9.97 Å². The number of nitrogens with zero attached hydrogens (tertiary/aromatic N) is 2. The van der Waals surface area contributed by atoms with Gasteiger partial charge in [0.25, 0.3) is 0 Å². The Morgan fingerprint density at radius 1 is 0.862 bits per heavy atom. The number of aryl methyl sites for hydroxylation is 3. The first kappa shape index (κ1) is 20.2. The molecular weight excluding hydrogens is 366 g/mol. The maximum atomic E-state index is 12.2. The van der Waals surface area contributed by atoms with Crippen molar-refractivity contribution in [2.24, 2.45) is 0 Å². The molecule has 3 rings (SSSR count). The van der Waals surface area contributed by atoms with E-state index in [9.17, 15) is 9.59 Å². The van der Waals surface area contributed by atoms with Crippen LogP contribution in [0.15, 0.2) is 54.6 Å². The number of hydrogen-bond acceptors (Lipinski definition) is 5. The van der Waals surface area contributed by atoms with Crippen LogP contribution in [0.2, 0.25) is 0 Å². The van der Waals surface area contributed by atoms with Crippen LogP contribution < -0.4 is 10.1 Å². The van der Waals surface area contributed by atoms with Crippen LogP contribution in [-0.2, 0) is 4.79 Å². The summed E-state index contributed by atoms with van der Waals surface area (Å²) in [4.78, 5) is 32.8. The first-order valence-electron chi connectivity index (χ1n) is 9.39. The molecular formula is C23H23N3O3. The van der Waals surface area contributed by atoms with Crippen molar-refractivity contribution in [2.75, 3.05) is 5.32 Å². The molecule has 0 unspecified atom stereocenters. The van der Waals surface area contributed by atoms with Crippen molar-refractivity contribution in [3.05, 3.63) is 77.1 Å². The van der Waals surface area contributed by atoms with E-state index in [1.54, 1.807) is 36.4 Å². The minimum absolute atomic E-state index is 0.0441. The summed E-state index contributed by atoms with van der Waals surface area (Å²) < 4.78 is 5.66. The van der Waals surface area contributed by atoms with E-state index in [2.05, 4.69) is 15.3 Å². The molecule has 1 aromatic heterocycles. The Hall–Kier alpha value is -3.54. The lowest BCUT2D eigenvalue weighted by atomic mass is 10.0. The molecule has 0 bridgehead atoms. The van der Waals surface area contributed by atoms with Gasteiger partial charge in [0, 0.05) is 35.5 Å². The molecule has 0 aliphatic heterocycles. The van der Waals surface area contributed by atoms with Crippen molar-refractivity contribution < 1.29 is 14.3 Å². The number of aromatic nitrogens is 2. The Bertz CT molecular complexity index is 992. The first-order chi connectivity index (χ1) is 13.9. The maximum Gasteiger partial charge on any atom is 0.322 e. The van der Waals surface area contributed by atoms with E-state index in [1.807, 2.05) is 39.0 Å². The minimum atomic E-state index is -0.211. The van der Waals surface area contributed by atoms with Gasteiger partial charge in [0.2, 0.25) is 5.91 Å². The van der Waals surface area contributed by atoms with E-state index in [4.69, 9.17) is 4.74 Å². The SMILES string of the molecule is Cc1ccc(C(=O)CCC(=O)Nc2ccc(Oc3nc(C)cc(C)n3)cc2)cc1. The monoisotopic (exact) mass is 389 g/mol. The Morgan fingerprint density at radius 3 is 2.10 bits per heavy atom. The number of ether oxygens (including phenoxy) is 1. The highest BCUT2D eigenvalue weighted by Gasteiger charge is 2.10. The van der Waals surface area contributed by atoms with Crippen LogP contribution in [0.25, 0.3) is 0 Å². The van der Waals surface area contributed by atoms with Crippen LogP contribution >= 0.6 is 0 Å². The van der Waals surface area contributed by atoms with Crippen molar-refractivity contribution in [1.29, 1.82) is 0 Å². The maximum absolute atomic E-state index is 12.2. The molecule has 0 fully saturated rings. The number of benzene rings is 2. The molecule has 0 saturated heterocycles. The van der Waals surface area contributed by atoms with E-state index in [0.29, 0.717) is 17.0 Å². The summed E-state index contributed by atoms with van der Waals surface area (Å²) in [5.41, 5.74) is 4.01. The number of rotatable bonds is 7. The standard InChI is InChI=1S/C23H23N3O3/c1-15-4-6-18(7-5-15)21(27)12-13-22(28)26-19-8-10-20(11-9-19)29-23-24-16(2)14-17(3)25-23/h4-11,14H,12-13H2,1-3H3,(H,26,28). The summed E-state index contributed by atoms with van der Waals surface area (Å²) >= 11 is 0. The van der Waals surface area contributed by atoms with E-state index < -0.39 is 0 Å². The molecule has 6 heteroatoms. The minimum Gasteiger partial charge on any atom is -0.424 e. The van der Waals surface area contributed by atoms with Gasteiger partial charge in [-0.05, 0) is 51.1 Å². The number of ketones is 1. The van der Waals surface area contributed by atoms with Gasteiger partial charge in [-0.1, -0.05) is 29.8 Å². The summed E-state index contributed by atoms with van der Waals surface area (Å²) in [5.74, 6) is 0.316. The molecule has 29 heavy (non-hydrogen) atoms. The van der Waals surface area contributed by atoms with Gasteiger partial charge < -0.3 is 10.1 Å². The van der Waals surface area contributed by atoms with Gasteiger partial charge in [-0.3, -0.25) is 9.59 Å². The molecule has 1 amide bonds. The van der Waals surface area contributed by atoms with Crippen LogP contribution in [0.1, 0.15) is 40.2 Å². The molecule has 0 radical (unpaired) electrons. The Balaban J connectivity index is 1.51. The van der Waals surface area contributed by atoms with Gasteiger partial charge in [0.05, 0.1) is 0 Å². The van der Waals surface area contributed by atoms with Crippen LogP contribution in [0.3, 0.4) is 0 Å². The third kappa shape index (κ3) is 5.97. The number of amides is 1. The predicted molar refractivity (Wildman–Crippen MR) is 111 cm³/mol. The molecule has 1 heterocycles. The van der Waals surface area contributed by atoms with Crippen LogP contribution in [-0.4, -0.2) is 21.7 Å². The molecule has 0 aliphatic carbocycles. The summed E-state index contributed by atoms with van der Waals surface area (Å²) in [6.07, 6.45) is 0.293. The number of carbonyl (C=O) groups is 2. The summed E-state index contributed by atoms with van der Waals surface area (Å²) in [6, 6.07) is 16.4. The number of hydrogen-bond donors (Lipinski definition) is 1. The van der Waals surface area contributed by atoms with Gasteiger partial charge >= 0.3 is 6.01 Å². The molecule has 6 nitrogen and oxygen atoms in total. The molecule has 3 aromatic rings. The van der Waals surface area contributed by atoms with Gasteiger partial charge in [-0.25, -0.2) is 9.97 Å². The molecule has 0 atom stereocenters. The fourth-order valence-corrected chi connectivity index (χ4v) is 2.79. The lowest BCUT2D eigenvalue weighted by Crippen LogP contribution is -2.13. The molecule has 0 aliphatic rings. The van der Waals surface area contributed by atoms with Gasteiger partial charge in [-0.2, -0.15) is 0 Å². The molecule has 0 spiro atoms. The molecule has 148 valence electrons.